The first-order valence-corrected chi connectivity index (χ1v) is 58.0. The molecule has 0 heterocycles. The SMILES string of the molecule is C[C@H](CCC(=O)OCCC(F)C(F)(F)S(=O)(=O)[O-])[C@H]1CCCC2C3C(=O)CC4CC(=O)CC[C@]4(C)C3CC(=O)[C@@]21C.O=C(OCCC(F)CS(=O)(=O)[O-])C12CC3CC(CC(C3)C1)C2.O=C(OCCC(F)CS(=O)(=O)[O-])C12CC3CC(CC(O)(C3)C1)C2.c1ccc([S+](c2ccccc2)c2ccccc2)cc1.c1ccc([S+](c2ccccc2)c2ccccc2)cc1.c1ccc([S+](c2ccccc2)c2ccccc2)cc1. The van der Waals surface area contributed by atoms with E-state index in [9.17, 15) is 94.7 Å². The largest absolute Gasteiger partial charge is 0.748 e. The van der Waals surface area contributed by atoms with Gasteiger partial charge in [0, 0.05) is 62.7 Å². The van der Waals surface area contributed by atoms with E-state index >= 15 is 0 Å². The molecular weight excluding hydrogens is 1950 g/mol. The molecule has 0 amide bonds. The number of fused-ring (bicyclic) bond motifs is 5. The summed E-state index contributed by atoms with van der Waals surface area (Å²) in [5.74, 6) is -1.15. The van der Waals surface area contributed by atoms with Crippen molar-refractivity contribution in [1.29, 1.82) is 0 Å². The van der Waals surface area contributed by atoms with Crippen molar-refractivity contribution >= 4 is 98.3 Å². The molecule has 12 aliphatic rings. The molecule has 0 radical (unpaired) electrons. The molecule has 9 unspecified atom stereocenters. The van der Waals surface area contributed by atoms with Gasteiger partial charge >= 0.3 is 23.2 Å². The molecule has 19 nitrogen and oxygen atoms in total. The van der Waals surface area contributed by atoms with Crippen molar-refractivity contribution in [3.63, 3.8) is 0 Å². The van der Waals surface area contributed by atoms with Crippen LogP contribution in [-0.4, -0.2) is 140 Å². The second-order valence-corrected chi connectivity index (χ2v) is 51.6. The summed E-state index contributed by atoms with van der Waals surface area (Å²) in [6, 6.07) is 96.5. The van der Waals surface area contributed by atoms with Gasteiger partial charge in [-0.1, -0.05) is 191 Å². The summed E-state index contributed by atoms with van der Waals surface area (Å²) in [5, 5.41) is 5.48. The molecular formula is C113H129F5O19S6. The summed E-state index contributed by atoms with van der Waals surface area (Å²) in [7, 11) is -15.4. The fraction of sp³-hybridized carbons (Fsp3) is 0.469. The number of alkyl halides is 5. The van der Waals surface area contributed by atoms with Crippen LogP contribution in [0.15, 0.2) is 317 Å². The van der Waals surface area contributed by atoms with Gasteiger partial charge in [-0.05, 0) is 277 Å². The minimum atomic E-state index is -6.19. The van der Waals surface area contributed by atoms with E-state index in [1.807, 2.05) is 13.8 Å². The number of rotatable bonds is 30. The Morgan fingerprint density at radius 3 is 1.12 bits per heavy atom. The zero-order valence-electron chi connectivity index (χ0n) is 80.9. The average molecular weight is 2080 g/mol. The van der Waals surface area contributed by atoms with Crippen LogP contribution in [0.25, 0.3) is 0 Å². The third-order valence-corrected chi connectivity index (χ3v) is 40.3. The van der Waals surface area contributed by atoms with Gasteiger partial charge in [-0.25, -0.2) is 38.4 Å². The highest BCUT2D eigenvalue weighted by Crippen LogP contribution is 2.67. The van der Waals surface area contributed by atoms with Crippen LogP contribution in [0.1, 0.15) is 181 Å². The Labute approximate surface area is 846 Å². The molecule has 766 valence electrons. The van der Waals surface area contributed by atoms with Crippen molar-refractivity contribution in [1.82, 2.24) is 0 Å². The van der Waals surface area contributed by atoms with Gasteiger partial charge in [-0.15, -0.1) is 0 Å². The zero-order valence-corrected chi connectivity index (χ0v) is 85.8. The lowest BCUT2D eigenvalue weighted by Gasteiger charge is -2.62. The Morgan fingerprint density at radius 1 is 0.441 bits per heavy atom. The minimum absolute atomic E-state index is 0.0115. The fourth-order valence-electron chi connectivity index (χ4n) is 25.3. The highest BCUT2D eigenvalue weighted by molar-refractivity contribution is 7.97. The molecule has 143 heavy (non-hydrogen) atoms. The molecule has 0 aromatic heterocycles. The topological polar surface area (TPSA) is 322 Å². The molecule has 0 spiro atoms. The standard InChI is InChI=1S/C29H41F3O8S.3C18H15S.C15H23FO6S.C15H23FO5S/c1-16(7-8-25(36)40-12-10-23(30)29(31,32)41(37,38)39)19-5-4-6-20-26-21(15-24(35)28(19,20)3)27(2)11-9-18(33)13-17(27)14-22(26)34;3*1-4-10-16(11-5-1)19(17-12-6-2-7-13-17)18-14-8-3-9-15-18;16-12(8-23(19,20)21)1-2-22-13(17)14-4-10-3-11(5-14)7-15(18,6-10)9-14;16-13(9-22(18,19)20)1-2-21-14(17)15-6-10-3-11(7-15)5-12(4-10)8-15/h16-17,19-21,23,26H,4-15H2,1-3H3,(H,37,38,39);3*1-15H;10-12,18H,1-9H2,(H,19,20,21);10-13H,1-9H2,(H,18,19,20)/q;3*+1;;/p-3/t16-,17?,19-,20?,21?,23?,26?,27+,28-;;;;;/m1...../s1. The minimum Gasteiger partial charge on any atom is -0.748 e. The second-order valence-electron chi connectivity index (χ2n) is 41.2. The van der Waals surface area contributed by atoms with Crippen LogP contribution in [0, 0.1) is 86.8 Å². The van der Waals surface area contributed by atoms with E-state index in [0.29, 0.717) is 87.4 Å². The maximum Gasteiger partial charge on any atom is 0.364 e. The molecule has 8 bridgehead atoms. The maximum absolute atomic E-state index is 14.0. The molecule has 0 saturated heterocycles. The van der Waals surface area contributed by atoms with Crippen LogP contribution < -0.4 is 0 Å². The Hall–Kier alpha value is -9.21. The highest BCUT2D eigenvalue weighted by atomic mass is 32.2. The zero-order chi connectivity index (χ0) is 102. The number of benzene rings is 9. The Bertz CT molecular complexity index is 5470. The van der Waals surface area contributed by atoms with Crippen molar-refractivity contribution in [2.75, 3.05) is 31.3 Å². The molecule has 21 rings (SSSR count). The number of hydrogen-bond donors (Lipinski definition) is 1. The number of ether oxygens (including phenoxy) is 3. The number of hydrogen-bond acceptors (Lipinski definition) is 19. The van der Waals surface area contributed by atoms with E-state index < -0.39 is 107 Å². The van der Waals surface area contributed by atoms with Crippen LogP contribution in [0.2, 0.25) is 0 Å². The van der Waals surface area contributed by atoms with E-state index in [1.165, 1.54) is 63.3 Å². The van der Waals surface area contributed by atoms with Crippen molar-refractivity contribution in [3.05, 3.63) is 273 Å². The lowest BCUT2D eigenvalue weighted by Crippen LogP contribution is -2.62. The predicted molar refractivity (Wildman–Crippen MR) is 536 cm³/mol. The van der Waals surface area contributed by atoms with Crippen LogP contribution in [0.3, 0.4) is 0 Å². The first-order valence-electron chi connectivity index (χ1n) is 49.8. The van der Waals surface area contributed by atoms with E-state index in [-0.39, 0.29) is 135 Å². The lowest BCUT2D eigenvalue weighted by atomic mass is 9.40. The molecule has 9 aromatic rings. The molecule has 13 atom stereocenters. The third-order valence-electron chi connectivity index (χ3n) is 31.1. The van der Waals surface area contributed by atoms with E-state index in [0.717, 1.165) is 57.8 Å². The molecule has 12 saturated carbocycles. The predicted octanol–water partition coefficient (Wildman–Crippen LogP) is 22.3. The molecule has 1 N–H and O–H groups in total. The van der Waals surface area contributed by atoms with Crippen molar-refractivity contribution in [2.24, 2.45) is 86.8 Å². The van der Waals surface area contributed by atoms with Crippen LogP contribution in [0.5, 0.6) is 0 Å². The summed E-state index contributed by atoms with van der Waals surface area (Å²) in [6.07, 6.45) is 6.95. The van der Waals surface area contributed by atoms with Crippen LogP contribution >= 0.6 is 0 Å². The number of esters is 3. The first-order chi connectivity index (χ1) is 68.1. The van der Waals surface area contributed by atoms with E-state index in [4.69, 9.17) is 14.2 Å². The van der Waals surface area contributed by atoms with Crippen molar-refractivity contribution in [2.45, 2.75) is 255 Å². The fourth-order valence-corrected chi connectivity index (χ4v) is 33.3. The molecule has 12 aliphatic carbocycles. The first kappa shape index (κ1) is 109. The number of ketones is 3. The summed E-state index contributed by atoms with van der Waals surface area (Å²) >= 11 is 0. The van der Waals surface area contributed by atoms with Gasteiger partial charge in [-0.2, -0.15) is 8.78 Å². The van der Waals surface area contributed by atoms with Gasteiger partial charge in [0.15, 0.2) is 60.3 Å². The lowest BCUT2D eigenvalue weighted by molar-refractivity contribution is -0.196. The number of halogens is 5. The Morgan fingerprint density at radius 2 is 0.776 bits per heavy atom. The molecule has 12 fully saturated rings. The normalized spacial score (nSPS) is 27.3. The maximum atomic E-state index is 14.0. The highest BCUT2D eigenvalue weighted by Gasteiger charge is 2.66. The summed E-state index contributed by atoms with van der Waals surface area (Å²) in [6.45, 7) is 4.85. The molecule has 0 aliphatic heterocycles. The van der Waals surface area contributed by atoms with Gasteiger partial charge in [0.05, 0.1) is 101 Å². The quantitative estimate of drug-likeness (QED) is 0.0144. The Balaban J connectivity index is 0.000000140. The second kappa shape index (κ2) is 48.2. The van der Waals surface area contributed by atoms with Gasteiger partial charge in [0.1, 0.15) is 29.7 Å². The average Bonchev–Trinajstić information content (AvgIpc) is 0.700. The summed E-state index contributed by atoms with van der Waals surface area (Å²) < 4.78 is 177. The van der Waals surface area contributed by atoms with Crippen molar-refractivity contribution in [3.8, 4) is 0 Å². The van der Waals surface area contributed by atoms with Crippen LogP contribution in [-0.2, 0) is 106 Å². The smallest absolute Gasteiger partial charge is 0.364 e. The monoisotopic (exact) mass is 2080 g/mol. The van der Waals surface area contributed by atoms with Gasteiger partial charge in [0.25, 0.3) is 0 Å². The number of carbonyl (C=O) groups is 6. The van der Waals surface area contributed by atoms with Gasteiger partial charge in [0.2, 0.25) is 0 Å². The summed E-state index contributed by atoms with van der Waals surface area (Å²) in [5.41, 5.74) is -2.78. The number of Topliss-reactive ketones (excluding diaryl/α,β-unsaturated/α-hetero) is 3. The number of aliphatic hydroxyl groups is 1. The van der Waals surface area contributed by atoms with Crippen LogP contribution in [0.4, 0.5) is 22.0 Å². The van der Waals surface area contributed by atoms with Gasteiger partial charge < -0.3 is 33.0 Å². The van der Waals surface area contributed by atoms with E-state index in [1.54, 1.807) is 0 Å². The van der Waals surface area contributed by atoms with Crippen molar-refractivity contribution < 1.29 is 109 Å². The third kappa shape index (κ3) is 27.8. The molecule has 9 aromatic carbocycles. The summed E-state index contributed by atoms with van der Waals surface area (Å²) in [4.78, 5) is 89.1. The molecule has 30 heteroatoms. The van der Waals surface area contributed by atoms with Gasteiger partial charge in [-0.3, -0.25) is 28.8 Å². The van der Waals surface area contributed by atoms with E-state index in [2.05, 4.69) is 280 Å². The Kier molecular flexibility index (Phi) is 36.9. The number of carbonyl (C=O) groups excluding carboxylic acids is 6.